The molecule has 2 rings (SSSR count). The van der Waals surface area contributed by atoms with Gasteiger partial charge in [-0.3, -0.25) is 9.48 Å². The van der Waals surface area contributed by atoms with E-state index in [1.54, 1.807) is 13.2 Å². The number of aryl methyl sites for hydroxylation is 1. The number of hydrogen-bond donors (Lipinski definition) is 2. The van der Waals surface area contributed by atoms with E-state index >= 15 is 0 Å². The molecule has 19 heavy (non-hydrogen) atoms. The molecule has 3 N–H and O–H groups in total. The molecule has 1 aromatic heterocycles. The van der Waals surface area contributed by atoms with E-state index in [0.29, 0.717) is 15.9 Å². The molecule has 0 fully saturated rings. The summed E-state index contributed by atoms with van der Waals surface area (Å²) >= 11 is 3.03. The average molecular weight is 327 g/mol. The van der Waals surface area contributed by atoms with Gasteiger partial charge in [-0.05, 0) is 34.1 Å². The third-order valence-electron chi connectivity index (χ3n) is 2.69. The maximum atomic E-state index is 13.3. The van der Waals surface area contributed by atoms with Crippen LogP contribution in [0, 0.1) is 5.82 Å². The summed E-state index contributed by atoms with van der Waals surface area (Å²) in [6.07, 6.45) is 1.58. The monoisotopic (exact) mass is 326 g/mol. The first-order chi connectivity index (χ1) is 8.99. The van der Waals surface area contributed by atoms with Crippen LogP contribution in [-0.4, -0.2) is 15.7 Å². The molecule has 0 saturated heterocycles. The van der Waals surface area contributed by atoms with Crippen LogP contribution in [0.15, 0.2) is 28.9 Å². The Kier molecular flexibility index (Phi) is 3.84. The van der Waals surface area contributed by atoms with Gasteiger partial charge in [0.2, 0.25) is 0 Å². The number of nitrogens with one attached hydrogen (secondary N) is 1. The standard InChI is InChI=1S/C12H12BrFN4O/c1-18-11(15)8(6-17-18)5-16-12(19)7-2-3-9(13)10(14)4-7/h2-4,6H,5,15H2,1H3,(H,16,19). The van der Waals surface area contributed by atoms with Gasteiger partial charge in [0.05, 0.1) is 10.7 Å². The van der Waals surface area contributed by atoms with Gasteiger partial charge in [0.15, 0.2) is 0 Å². The average Bonchev–Trinajstić information content (AvgIpc) is 2.70. The number of amides is 1. The number of aromatic nitrogens is 2. The highest BCUT2D eigenvalue weighted by molar-refractivity contribution is 9.10. The molecule has 5 nitrogen and oxygen atoms in total. The summed E-state index contributed by atoms with van der Waals surface area (Å²) in [5.74, 6) is -0.356. The van der Waals surface area contributed by atoms with Gasteiger partial charge in [-0.15, -0.1) is 0 Å². The van der Waals surface area contributed by atoms with E-state index in [4.69, 9.17) is 5.73 Å². The fraction of sp³-hybridized carbons (Fsp3) is 0.167. The molecule has 7 heteroatoms. The molecule has 0 saturated carbocycles. The molecule has 1 aromatic carbocycles. The van der Waals surface area contributed by atoms with Gasteiger partial charge in [-0.2, -0.15) is 5.10 Å². The second kappa shape index (κ2) is 5.40. The molecule has 0 radical (unpaired) electrons. The Morgan fingerprint density at radius 2 is 2.32 bits per heavy atom. The second-order valence-corrected chi connectivity index (χ2v) is 4.84. The van der Waals surface area contributed by atoms with Crippen molar-refractivity contribution >= 4 is 27.7 Å². The number of rotatable bonds is 3. The maximum absolute atomic E-state index is 13.3. The van der Waals surface area contributed by atoms with Crippen LogP contribution >= 0.6 is 15.9 Å². The summed E-state index contributed by atoms with van der Waals surface area (Å²) < 4.78 is 15.1. The highest BCUT2D eigenvalue weighted by Crippen LogP contribution is 2.16. The smallest absolute Gasteiger partial charge is 0.251 e. The van der Waals surface area contributed by atoms with E-state index < -0.39 is 5.82 Å². The summed E-state index contributed by atoms with van der Waals surface area (Å²) in [6.45, 7) is 0.246. The number of nitrogens with zero attached hydrogens (tertiary/aromatic N) is 2. The zero-order valence-corrected chi connectivity index (χ0v) is 11.7. The lowest BCUT2D eigenvalue weighted by molar-refractivity contribution is 0.0950. The molecule has 0 spiro atoms. The van der Waals surface area contributed by atoms with Crippen LogP contribution in [-0.2, 0) is 13.6 Å². The molecule has 0 aliphatic rings. The van der Waals surface area contributed by atoms with Gasteiger partial charge in [-0.25, -0.2) is 4.39 Å². The molecule has 1 amide bonds. The number of carbonyl (C=O) groups is 1. The van der Waals surface area contributed by atoms with Crippen molar-refractivity contribution in [1.82, 2.24) is 15.1 Å². The Balaban J connectivity index is 2.05. The molecule has 0 atom stereocenters. The van der Waals surface area contributed by atoms with Crippen molar-refractivity contribution in [3.8, 4) is 0 Å². The summed E-state index contributed by atoms with van der Waals surface area (Å²) in [7, 11) is 1.71. The Hall–Kier alpha value is -1.89. The SMILES string of the molecule is Cn1ncc(CNC(=O)c2ccc(Br)c(F)c2)c1N. The van der Waals surface area contributed by atoms with Crippen LogP contribution in [0.25, 0.3) is 0 Å². The molecule has 0 aliphatic carbocycles. The largest absolute Gasteiger partial charge is 0.384 e. The predicted molar refractivity (Wildman–Crippen MR) is 72.9 cm³/mol. The van der Waals surface area contributed by atoms with Gasteiger partial charge in [-0.1, -0.05) is 0 Å². The first kappa shape index (κ1) is 13.5. The second-order valence-electron chi connectivity index (χ2n) is 3.99. The van der Waals surface area contributed by atoms with Gasteiger partial charge < -0.3 is 11.1 Å². The van der Waals surface area contributed by atoms with E-state index in [1.165, 1.54) is 22.9 Å². The van der Waals surface area contributed by atoms with Crippen molar-refractivity contribution in [2.45, 2.75) is 6.54 Å². The van der Waals surface area contributed by atoms with Gasteiger partial charge >= 0.3 is 0 Å². The predicted octanol–water partition coefficient (Wildman–Crippen LogP) is 1.83. The molecule has 0 bridgehead atoms. The van der Waals surface area contributed by atoms with E-state index in [-0.39, 0.29) is 18.0 Å². The van der Waals surface area contributed by atoms with E-state index in [2.05, 4.69) is 26.3 Å². The lowest BCUT2D eigenvalue weighted by Crippen LogP contribution is -2.23. The number of nitrogen functional groups attached to an aromatic ring is 1. The number of hydrogen-bond acceptors (Lipinski definition) is 3. The third kappa shape index (κ3) is 2.93. The van der Waals surface area contributed by atoms with Crippen LogP contribution in [0.3, 0.4) is 0 Å². The van der Waals surface area contributed by atoms with Crippen molar-refractivity contribution in [2.24, 2.45) is 7.05 Å². The molecule has 2 aromatic rings. The lowest BCUT2D eigenvalue weighted by Gasteiger charge is -2.05. The number of anilines is 1. The highest BCUT2D eigenvalue weighted by Gasteiger charge is 2.10. The van der Waals surface area contributed by atoms with Crippen molar-refractivity contribution in [3.05, 3.63) is 45.8 Å². The first-order valence-corrected chi connectivity index (χ1v) is 6.28. The Bertz CT molecular complexity index is 626. The Morgan fingerprint density at radius 3 is 2.89 bits per heavy atom. The zero-order chi connectivity index (χ0) is 14.0. The number of halogens is 2. The minimum Gasteiger partial charge on any atom is -0.384 e. The summed E-state index contributed by atoms with van der Waals surface area (Å²) in [5.41, 5.74) is 6.72. The highest BCUT2D eigenvalue weighted by atomic mass is 79.9. The number of carbonyl (C=O) groups excluding carboxylic acids is 1. The number of nitrogens with two attached hydrogens (primary N) is 1. The Morgan fingerprint density at radius 1 is 1.58 bits per heavy atom. The van der Waals surface area contributed by atoms with Gasteiger partial charge in [0, 0.05) is 24.7 Å². The molecule has 0 aliphatic heterocycles. The van der Waals surface area contributed by atoms with E-state index in [1.807, 2.05) is 0 Å². The van der Waals surface area contributed by atoms with Crippen LogP contribution in [0.1, 0.15) is 15.9 Å². The quantitative estimate of drug-likeness (QED) is 0.903. The van der Waals surface area contributed by atoms with Crippen LogP contribution < -0.4 is 11.1 Å². The minimum absolute atomic E-state index is 0.246. The van der Waals surface area contributed by atoms with Gasteiger partial charge in [0.25, 0.3) is 5.91 Å². The van der Waals surface area contributed by atoms with Crippen molar-refractivity contribution in [2.75, 3.05) is 5.73 Å². The van der Waals surface area contributed by atoms with Crippen molar-refractivity contribution in [1.29, 1.82) is 0 Å². The summed E-state index contributed by atoms with van der Waals surface area (Å²) in [4.78, 5) is 11.8. The zero-order valence-electron chi connectivity index (χ0n) is 10.2. The molecular formula is C12H12BrFN4O. The van der Waals surface area contributed by atoms with Gasteiger partial charge in [0.1, 0.15) is 11.6 Å². The summed E-state index contributed by atoms with van der Waals surface area (Å²) in [5, 5.41) is 6.63. The van der Waals surface area contributed by atoms with Crippen LogP contribution in [0.2, 0.25) is 0 Å². The third-order valence-corrected chi connectivity index (χ3v) is 3.33. The van der Waals surface area contributed by atoms with Crippen LogP contribution in [0.5, 0.6) is 0 Å². The normalized spacial score (nSPS) is 10.5. The van der Waals surface area contributed by atoms with Crippen LogP contribution in [0.4, 0.5) is 10.2 Å². The van der Waals surface area contributed by atoms with E-state index in [0.717, 1.165) is 0 Å². The Labute approximate surface area is 117 Å². The molecular weight excluding hydrogens is 315 g/mol. The molecule has 100 valence electrons. The molecule has 1 heterocycles. The lowest BCUT2D eigenvalue weighted by atomic mass is 10.2. The first-order valence-electron chi connectivity index (χ1n) is 5.48. The van der Waals surface area contributed by atoms with E-state index in [9.17, 15) is 9.18 Å². The topological polar surface area (TPSA) is 72.9 Å². The summed E-state index contributed by atoms with van der Waals surface area (Å²) in [6, 6.07) is 4.20. The van der Waals surface area contributed by atoms with Crippen molar-refractivity contribution in [3.63, 3.8) is 0 Å². The fourth-order valence-corrected chi connectivity index (χ4v) is 1.79. The number of benzene rings is 1. The minimum atomic E-state index is -0.478. The molecule has 0 unspecified atom stereocenters. The van der Waals surface area contributed by atoms with Crippen molar-refractivity contribution < 1.29 is 9.18 Å². The maximum Gasteiger partial charge on any atom is 0.251 e. The fourth-order valence-electron chi connectivity index (χ4n) is 1.54.